The number of aliphatic hydroxyl groups excluding tert-OH is 1. The second-order valence-corrected chi connectivity index (χ2v) is 5.56. The number of nitrogens with zero attached hydrogens (tertiary/aromatic N) is 1. The molecule has 0 bridgehead atoms. The van der Waals surface area contributed by atoms with Crippen molar-refractivity contribution < 1.29 is 5.11 Å². The minimum Gasteiger partial charge on any atom is -0.392 e. The van der Waals surface area contributed by atoms with E-state index >= 15 is 0 Å². The topological polar surface area (TPSA) is 44.0 Å². The second kappa shape index (κ2) is 5.92. The quantitative estimate of drug-likeness (QED) is 0.921. The van der Waals surface area contributed by atoms with Crippen LogP contribution in [0.3, 0.4) is 0 Å². The minimum atomic E-state index is -0.0386. The van der Waals surface area contributed by atoms with Crippen molar-refractivity contribution in [3.05, 3.63) is 58.7 Å². The molecule has 0 aliphatic heterocycles. The number of aliphatic hydroxyl groups is 1. The van der Waals surface area contributed by atoms with Crippen molar-refractivity contribution in [3.63, 3.8) is 0 Å². The molecule has 0 amide bonds. The Morgan fingerprint density at radius 3 is 2.58 bits per heavy atom. The van der Waals surface area contributed by atoms with Crippen LogP contribution in [0.2, 0.25) is 0 Å². The van der Waals surface area contributed by atoms with Gasteiger partial charge in [-0.15, -0.1) is 0 Å². The molecule has 2 rings (SSSR count). The lowest BCUT2D eigenvalue weighted by Gasteiger charge is -2.09. The molecule has 2 aromatic carbocycles. The van der Waals surface area contributed by atoms with Gasteiger partial charge in [0.05, 0.1) is 12.2 Å². The molecule has 96 valence electrons. The smallest absolute Gasteiger partial charge is 0.100 e. The summed E-state index contributed by atoms with van der Waals surface area (Å²) in [5.41, 5.74) is 3.78. The second-order valence-electron chi connectivity index (χ2n) is 4.47. The Hall–Kier alpha value is -1.76. The summed E-state index contributed by atoms with van der Waals surface area (Å²) in [6.45, 7) is 4.09. The van der Waals surface area contributed by atoms with Crippen LogP contribution in [0.4, 0.5) is 0 Å². The molecule has 19 heavy (non-hydrogen) atoms. The molecule has 0 atom stereocenters. The Kier molecular flexibility index (Phi) is 4.26. The molecule has 2 nitrogen and oxygen atoms in total. The standard InChI is InChI=1S/C16H15NOS/c1-11-3-4-12(2)16(7-11)19-15-6-5-13(10-18)8-14(15)9-17/h3-8,18H,10H2,1-2H3. The van der Waals surface area contributed by atoms with Gasteiger partial charge in [0.2, 0.25) is 0 Å². The maximum Gasteiger partial charge on any atom is 0.100 e. The first kappa shape index (κ1) is 13.7. The van der Waals surface area contributed by atoms with Crippen molar-refractivity contribution in [2.24, 2.45) is 0 Å². The fourth-order valence-corrected chi connectivity index (χ4v) is 2.85. The average molecular weight is 269 g/mol. The van der Waals surface area contributed by atoms with Crippen molar-refractivity contribution in [1.29, 1.82) is 5.26 Å². The molecule has 0 spiro atoms. The van der Waals surface area contributed by atoms with E-state index in [1.807, 2.05) is 12.1 Å². The molecule has 2 aromatic rings. The Morgan fingerprint density at radius 1 is 1.11 bits per heavy atom. The van der Waals surface area contributed by atoms with Gasteiger partial charge in [-0.1, -0.05) is 30.0 Å². The predicted octanol–water partition coefficient (Wildman–Crippen LogP) is 3.82. The van der Waals surface area contributed by atoms with Gasteiger partial charge in [0, 0.05) is 9.79 Å². The predicted molar refractivity (Wildman–Crippen MR) is 77.1 cm³/mol. The van der Waals surface area contributed by atoms with Gasteiger partial charge in [-0.05, 0) is 48.7 Å². The fraction of sp³-hybridized carbons (Fsp3) is 0.188. The highest BCUT2D eigenvalue weighted by Gasteiger charge is 2.07. The molecule has 0 unspecified atom stereocenters. The monoisotopic (exact) mass is 269 g/mol. The zero-order valence-electron chi connectivity index (χ0n) is 11.0. The summed E-state index contributed by atoms with van der Waals surface area (Å²) in [7, 11) is 0. The van der Waals surface area contributed by atoms with Gasteiger partial charge < -0.3 is 5.11 Å². The van der Waals surface area contributed by atoms with Gasteiger partial charge >= 0.3 is 0 Å². The van der Waals surface area contributed by atoms with Crippen molar-refractivity contribution in [3.8, 4) is 6.07 Å². The molecule has 0 aliphatic rings. The first-order valence-electron chi connectivity index (χ1n) is 6.03. The number of nitriles is 1. The molecule has 1 N–H and O–H groups in total. The third kappa shape index (κ3) is 3.17. The number of benzene rings is 2. The van der Waals surface area contributed by atoms with Crippen LogP contribution < -0.4 is 0 Å². The van der Waals surface area contributed by atoms with Crippen LogP contribution in [0.25, 0.3) is 0 Å². The number of hydrogen-bond donors (Lipinski definition) is 1. The Morgan fingerprint density at radius 2 is 1.89 bits per heavy atom. The third-order valence-electron chi connectivity index (χ3n) is 2.91. The van der Waals surface area contributed by atoms with Crippen LogP contribution in [-0.4, -0.2) is 5.11 Å². The van der Waals surface area contributed by atoms with Crippen LogP contribution in [0.15, 0.2) is 46.2 Å². The van der Waals surface area contributed by atoms with Gasteiger partial charge in [-0.2, -0.15) is 5.26 Å². The molecule has 0 radical (unpaired) electrons. The summed E-state index contributed by atoms with van der Waals surface area (Å²) in [6, 6.07) is 14.0. The molecule has 0 saturated heterocycles. The normalized spacial score (nSPS) is 10.2. The molecule has 0 fully saturated rings. The fourth-order valence-electron chi connectivity index (χ4n) is 1.79. The summed E-state index contributed by atoms with van der Waals surface area (Å²) in [4.78, 5) is 2.08. The summed E-state index contributed by atoms with van der Waals surface area (Å²) in [6.07, 6.45) is 0. The summed E-state index contributed by atoms with van der Waals surface area (Å²) >= 11 is 1.59. The highest BCUT2D eigenvalue weighted by Crippen LogP contribution is 2.33. The van der Waals surface area contributed by atoms with Crippen LogP contribution in [0, 0.1) is 25.2 Å². The van der Waals surface area contributed by atoms with E-state index in [4.69, 9.17) is 5.11 Å². The highest BCUT2D eigenvalue weighted by molar-refractivity contribution is 7.99. The van der Waals surface area contributed by atoms with E-state index in [9.17, 15) is 5.26 Å². The lowest BCUT2D eigenvalue weighted by atomic mass is 10.1. The first-order chi connectivity index (χ1) is 9.13. The SMILES string of the molecule is Cc1ccc(C)c(Sc2ccc(CO)cc2C#N)c1. The van der Waals surface area contributed by atoms with Crippen LogP contribution in [0.5, 0.6) is 0 Å². The van der Waals surface area contributed by atoms with Crippen molar-refractivity contribution in [2.75, 3.05) is 0 Å². The maximum atomic E-state index is 9.20. The lowest BCUT2D eigenvalue weighted by molar-refractivity contribution is 0.281. The largest absolute Gasteiger partial charge is 0.392 e. The van der Waals surface area contributed by atoms with E-state index in [0.29, 0.717) is 5.56 Å². The van der Waals surface area contributed by atoms with E-state index in [2.05, 4.69) is 38.1 Å². The van der Waals surface area contributed by atoms with E-state index in [1.54, 1.807) is 17.8 Å². The molecular weight excluding hydrogens is 254 g/mol. The van der Waals surface area contributed by atoms with Crippen molar-refractivity contribution in [1.82, 2.24) is 0 Å². The molecular formula is C16H15NOS. The van der Waals surface area contributed by atoms with Crippen molar-refractivity contribution in [2.45, 2.75) is 30.2 Å². The van der Waals surface area contributed by atoms with Gasteiger partial charge in [0.15, 0.2) is 0 Å². The molecule has 0 aliphatic carbocycles. The van der Waals surface area contributed by atoms with E-state index < -0.39 is 0 Å². The number of rotatable bonds is 3. The zero-order valence-corrected chi connectivity index (χ0v) is 11.8. The minimum absolute atomic E-state index is 0.0386. The number of hydrogen-bond acceptors (Lipinski definition) is 3. The van der Waals surface area contributed by atoms with Gasteiger partial charge in [0.25, 0.3) is 0 Å². The van der Waals surface area contributed by atoms with Crippen LogP contribution in [0.1, 0.15) is 22.3 Å². The molecule has 3 heteroatoms. The maximum absolute atomic E-state index is 9.20. The third-order valence-corrected chi connectivity index (χ3v) is 4.15. The van der Waals surface area contributed by atoms with Gasteiger partial charge in [-0.3, -0.25) is 0 Å². The Labute approximate surface area is 117 Å². The zero-order chi connectivity index (χ0) is 13.8. The summed E-state index contributed by atoms with van der Waals surface area (Å²) < 4.78 is 0. The molecule has 0 saturated carbocycles. The Balaban J connectivity index is 2.38. The average Bonchev–Trinajstić information content (AvgIpc) is 2.43. The molecule has 0 aromatic heterocycles. The Bertz CT molecular complexity index is 644. The summed E-state index contributed by atoms with van der Waals surface area (Å²) in [5, 5.41) is 18.3. The number of aryl methyl sites for hydroxylation is 2. The highest BCUT2D eigenvalue weighted by atomic mass is 32.2. The molecule has 0 heterocycles. The van der Waals surface area contributed by atoms with Gasteiger partial charge in [-0.25, -0.2) is 0 Å². The first-order valence-corrected chi connectivity index (χ1v) is 6.84. The van der Waals surface area contributed by atoms with Crippen molar-refractivity contribution >= 4 is 11.8 Å². The lowest BCUT2D eigenvalue weighted by Crippen LogP contribution is -1.89. The van der Waals surface area contributed by atoms with Crippen LogP contribution in [-0.2, 0) is 6.61 Å². The summed E-state index contributed by atoms with van der Waals surface area (Å²) in [5.74, 6) is 0. The van der Waals surface area contributed by atoms with E-state index in [0.717, 1.165) is 15.4 Å². The van der Waals surface area contributed by atoms with E-state index in [1.165, 1.54) is 11.1 Å². The van der Waals surface area contributed by atoms with Crippen LogP contribution >= 0.6 is 11.8 Å². The van der Waals surface area contributed by atoms with E-state index in [-0.39, 0.29) is 6.61 Å². The van der Waals surface area contributed by atoms with Gasteiger partial charge in [0.1, 0.15) is 6.07 Å².